The van der Waals surface area contributed by atoms with Gasteiger partial charge in [-0.2, -0.15) is 5.10 Å². The molecule has 1 aliphatic rings. The third-order valence-corrected chi connectivity index (χ3v) is 4.01. The highest BCUT2D eigenvalue weighted by Gasteiger charge is 2.45. The standard InChI is InChI=1S/C14H15BrFN3O2/c1-10-2-3-11(12(16)4-10)14(6-19-9-17-8-18-19)7-20-13(5-15)21-14/h2-4,8-9,13H,5-7H2,1H3/t13-,14+/m0/s1. The summed E-state index contributed by atoms with van der Waals surface area (Å²) < 4.78 is 27.6. The summed E-state index contributed by atoms with van der Waals surface area (Å²) in [6, 6.07) is 5.12. The van der Waals surface area contributed by atoms with Crippen molar-refractivity contribution < 1.29 is 13.9 Å². The SMILES string of the molecule is Cc1ccc([C@@]2(Cn3cncn3)CO[C@H](CBr)O2)c(F)c1. The van der Waals surface area contributed by atoms with Crippen molar-refractivity contribution in [1.29, 1.82) is 0 Å². The second-order valence-corrected chi connectivity index (χ2v) is 5.73. The molecule has 2 atom stereocenters. The fraction of sp³-hybridized carbons (Fsp3) is 0.429. The number of aromatic nitrogens is 3. The van der Waals surface area contributed by atoms with Gasteiger partial charge in [0.1, 0.15) is 24.1 Å². The minimum absolute atomic E-state index is 0.267. The highest BCUT2D eigenvalue weighted by Crippen LogP contribution is 2.37. The van der Waals surface area contributed by atoms with E-state index in [0.717, 1.165) is 5.56 Å². The zero-order chi connectivity index (χ0) is 14.9. The molecule has 1 aromatic carbocycles. The lowest BCUT2D eigenvalue weighted by Crippen LogP contribution is -2.36. The van der Waals surface area contributed by atoms with Crippen molar-refractivity contribution in [3.8, 4) is 0 Å². The van der Waals surface area contributed by atoms with E-state index in [9.17, 15) is 4.39 Å². The quantitative estimate of drug-likeness (QED) is 0.790. The summed E-state index contributed by atoms with van der Waals surface area (Å²) in [5, 5.41) is 4.61. The number of rotatable bonds is 4. The molecule has 0 N–H and O–H groups in total. The van der Waals surface area contributed by atoms with Crippen molar-refractivity contribution in [2.24, 2.45) is 0 Å². The lowest BCUT2D eigenvalue weighted by molar-refractivity contribution is -0.0841. The number of ether oxygens (including phenoxy) is 2. The molecule has 21 heavy (non-hydrogen) atoms. The predicted molar refractivity (Wildman–Crippen MR) is 77.5 cm³/mol. The van der Waals surface area contributed by atoms with E-state index in [2.05, 4.69) is 26.0 Å². The van der Waals surface area contributed by atoms with Crippen molar-refractivity contribution in [3.05, 3.63) is 47.8 Å². The van der Waals surface area contributed by atoms with Crippen LogP contribution in [0.3, 0.4) is 0 Å². The second kappa shape index (κ2) is 5.82. The van der Waals surface area contributed by atoms with Gasteiger partial charge in [0.05, 0.1) is 18.5 Å². The highest BCUT2D eigenvalue weighted by molar-refractivity contribution is 9.09. The number of benzene rings is 1. The zero-order valence-electron chi connectivity index (χ0n) is 11.5. The van der Waals surface area contributed by atoms with Crippen molar-refractivity contribution in [1.82, 2.24) is 14.8 Å². The molecule has 0 aliphatic carbocycles. The van der Waals surface area contributed by atoms with Crippen LogP contribution in [0.5, 0.6) is 0 Å². The van der Waals surface area contributed by atoms with Crippen LogP contribution in [0.2, 0.25) is 0 Å². The second-order valence-electron chi connectivity index (χ2n) is 5.08. The zero-order valence-corrected chi connectivity index (χ0v) is 13.1. The molecule has 3 rings (SSSR count). The molecule has 5 nitrogen and oxygen atoms in total. The molecule has 7 heteroatoms. The van der Waals surface area contributed by atoms with Crippen LogP contribution in [0.1, 0.15) is 11.1 Å². The van der Waals surface area contributed by atoms with Crippen LogP contribution in [-0.4, -0.2) is 33.0 Å². The van der Waals surface area contributed by atoms with Gasteiger partial charge < -0.3 is 9.47 Å². The molecule has 1 aliphatic heterocycles. The van der Waals surface area contributed by atoms with Gasteiger partial charge in [0.2, 0.25) is 0 Å². The molecule has 2 heterocycles. The maximum Gasteiger partial charge on any atom is 0.168 e. The molecule has 1 aromatic heterocycles. The number of aryl methyl sites for hydroxylation is 1. The van der Waals surface area contributed by atoms with E-state index in [1.165, 1.54) is 12.4 Å². The average Bonchev–Trinajstić information content (AvgIpc) is 3.09. The van der Waals surface area contributed by atoms with Crippen molar-refractivity contribution in [2.75, 3.05) is 11.9 Å². The van der Waals surface area contributed by atoms with Crippen LogP contribution in [0.15, 0.2) is 30.9 Å². The van der Waals surface area contributed by atoms with Gasteiger partial charge in [-0.15, -0.1) is 0 Å². The van der Waals surface area contributed by atoms with Gasteiger partial charge in [-0.25, -0.2) is 14.1 Å². The first kappa shape index (κ1) is 14.6. The largest absolute Gasteiger partial charge is 0.348 e. The lowest BCUT2D eigenvalue weighted by atomic mass is 9.93. The Balaban J connectivity index is 1.99. The van der Waals surface area contributed by atoms with Gasteiger partial charge in [-0.3, -0.25) is 0 Å². The summed E-state index contributed by atoms with van der Waals surface area (Å²) in [7, 11) is 0. The molecular weight excluding hydrogens is 341 g/mol. The van der Waals surface area contributed by atoms with Crippen LogP contribution in [0, 0.1) is 12.7 Å². The lowest BCUT2D eigenvalue weighted by Gasteiger charge is -2.28. The summed E-state index contributed by atoms with van der Waals surface area (Å²) in [6.45, 7) is 2.46. The Morgan fingerprint density at radius 1 is 1.52 bits per heavy atom. The topological polar surface area (TPSA) is 49.2 Å². The first-order chi connectivity index (χ1) is 10.1. The van der Waals surface area contributed by atoms with E-state index in [4.69, 9.17) is 9.47 Å². The maximum absolute atomic E-state index is 14.4. The number of hydrogen-bond acceptors (Lipinski definition) is 4. The first-order valence-electron chi connectivity index (χ1n) is 6.57. The monoisotopic (exact) mass is 355 g/mol. The summed E-state index contributed by atoms with van der Waals surface area (Å²) >= 11 is 3.33. The Labute approximate surface area is 130 Å². The van der Waals surface area contributed by atoms with Gasteiger partial charge in [0.15, 0.2) is 6.29 Å². The summed E-state index contributed by atoms with van der Waals surface area (Å²) in [5.41, 5.74) is 0.444. The Kier molecular flexibility index (Phi) is 4.05. The molecule has 0 radical (unpaired) electrons. The van der Waals surface area contributed by atoms with Crippen LogP contribution in [0.4, 0.5) is 4.39 Å². The third-order valence-electron chi connectivity index (χ3n) is 3.48. The van der Waals surface area contributed by atoms with Crippen LogP contribution < -0.4 is 0 Å². The van der Waals surface area contributed by atoms with Gasteiger partial charge in [-0.05, 0) is 18.6 Å². The third kappa shape index (κ3) is 2.86. The molecular formula is C14H15BrFN3O2. The number of hydrogen-bond donors (Lipinski definition) is 0. The Morgan fingerprint density at radius 3 is 3.00 bits per heavy atom. The summed E-state index contributed by atoms with van der Waals surface area (Å²) in [4.78, 5) is 3.92. The number of halogens is 2. The van der Waals surface area contributed by atoms with Gasteiger partial charge in [-0.1, -0.05) is 28.1 Å². The van der Waals surface area contributed by atoms with Crippen LogP contribution >= 0.6 is 15.9 Å². The van der Waals surface area contributed by atoms with Gasteiger partial charge in [0, 0.05) is 5.56 Å². The average molecular weight is 356 g/mol. The fourth-order valence-electron chi connectivity index (χ4n) is 2.50. The first-order valence-corrected chi connectivity index (χ1v) is 7.69. The van der Waals surface area contributed by atoms with E-state index < -0.39 is 11.9 Å². The molecule has 2 aromatic rings. The van der Waals surface area contributed by atoms with E-state index in [1.807, 2.05) is 13.0 Å². The van der Waals surface area contributed by atoms with E-state index in [1.54, 1.807) is 17.1 Å². The number of nitrogens with zero attached hydrogens (tertiary/aromatic N) is 3. The van der Waals surface area contributed by atoms with E-state index in [0.29, 0.717) is 17.4 Å². The fourth-order valence-corrected chi connectivity index (χ4v) is 2.82. The molecule has 0 unspecified atom stereocenters. The predicted octanol–water partition coefficient (Wildman–Crippen LogP) is 2.39. The van der Waals surface area contributed by atoms with Gasteiger partial charge in [0.25, 0.3) is 0 Å². The van der Waals surface area contributed by atoms with Crippen LogP contribution in [-0.2, 0) is 21.6 Å². The minimum Gasteiger partial charge on any atom is -0.348 e. The Morgan fingerprint density at radius 2 is 2.38 bits per heavy atom. The summed E-state index contributed by atoms with van der Waals surface area (Å²) in [5.74, 6) is -0.297. The summed E-state index contributed by atoms with van der Waals surface area (Å²) in [6.07, 6.45) is 2.62. The molecule has 1 fully saturated rings. The molecule has 112 valence electrons. The Bertz CT molecular complexity index is 623. The molecule has 0 saturated carbocycles. The molecule has 0 amide bonds. The Hall–Kier alpha value is -1.31. The maximum atomic E-state index is 14.4. The number of alkyl halides is 1. The van der Waals surface area contributed by atoms with Crippen LogP contribution in [0.25, 0.3) is 0 Å². The smallest absolute Gasteiger partial charge is 0.168 e. The van der Waals surface area contributed by atoms with E-state index >= 15 is 0 Å². The highest BCUT2D eigenvalue weighted by atomic mass is 79.9. The van der Waals surface area contributed by atoms with Crippen molar-refractivity contribution in [2.45, 2.75) is 25.4 Å². The van der Waals surface area contributed by atoms with E-state index in [-0.39, 0.29) is 12.4 Å². The normalized spacial score (nSPS) is 25.4. The minimum atomic E-state index is -0.899. The van der Waals surface area contributed by atoms with Gasteiger partial charge >= 0.3 is 0 Å². The molecule has 0 bridgehead atoms. The van der Waals surface area contributed by atoms with Crippen molar-refractivity contribution in [3.63, 3.8) is 0 Å². The molecule has 0 spiro atoms. The molecule has 1 saturated heterocycles. The van der Waals surface area contributed by atoms with Crippen molar-refractivity contribution >= 4 is 15.9 Å².